The zero-order valence-electron chi connectivity index (χ0n) is 5.90. The van der Waals surface area contributed by atoms with Crippen LogP contribution in [-0.2, 0) is 37.4 Å². The van der Waals surface area contributed by atoms with Crippen LogP contribution in [0, 0.1) is 5.92 Å². The molecule has 44 valence electrons. The van der Waals surface area contributed by atoms with E-state index in [1.54, 1.807) is 0 Å². The summed E-state index contributed by atoms with van der Waals surface area (Å²) in [6.45, 7) is 7.77. The topological polar surface area (TPSA) is 9.23 Å². The molecule has 0 aromatic heterocycles. The second-order valence-corrected chi connectivity index (χ2v) is 1.84. The molecule has 0 aliphatic carbocycles. The minimum absolute atomic E-state index is 0. The Balaban J connectivity index is 0. The first-order valence-electron chi connectivity index (χ1n) is 2.64. The van der Waals surface area contributed by atoms with E-state index in [1.807, 2.05) is 6.92 Å². The van der Waals surface area contributed by atoms with Crippen LogP contribution in [0.4, 0.5) is 0 Å². The molecule has 0 aliphatic heterocycles. The quantitative estimate of drug-likeness (QED) is 0.614. The SMILES string of the molecule is CCOC[C-](C)C.[Y+3]. The van der Waals surface area contributed by atoms with Crippen LogP contribution in [0.3, 0.4) is 0 Å². The summed E-state index contributed by atoms with van der Waals surface area (Å²) >= 11 is 0. The summed E-state index contributed by atoms with van der Waals surface area (Å²) in [5, 5.41) is 0. The predicted octanol–water partition coefficient (Wildman–Crippen LogP) is 1.63. The summed E-state index contributed by atoms with van der Waals surface area (Å²) < 4.78 is 5.06. The van der Waals surface area contributed by atoms with Gasteiger partial charge in [-0.2, -0.15) is 13.8 Å². The molecule has 0 atom stereocenters. The molecule has 0 saturated heterocycles. The maximum atomic E-state index is 5.06. The number of hydrogen-bond acceptors (Lipinski definition) is 1. The Morgan fingerprint density at radius 3 is 2.00 bits per heavy atom. The Morgan fingerprint density at radius 2 is 1.88 bits per heavy atom. The second-order valence-electron chi connectivity index (χ2n) is 1.84. The molecule has 0 N–H and O–H groups in total. The van der Waals surface area contributed by atoms with Gasteiger partial charge in [-0.3, -0.25) is 5.92 Å². The Bertz CT molecular complexity index is 37.5. The standard InChI is InChI=1S/C6H13O.Y/c1-4-7-5-6(2)3;/h4-5H2,1-3H3;/q-1;+3. The predicted molar refractivity (Wildman–Crippen MR) is 31.1 cm³/mol. The maximum absolute atomic E-state index is 5.06. The molecule has 0 spiro atoms. The smallest absolute Gasteiger partial charge is 0.413 e. The molecular weight excluding hydrogens is 177 g/mol. The van der Waals surface area contributed by atoms with Crippen molar-refractivity contribution in [3.8, 4) is 0 Å². The van der Waals surface area contributed by atoms with Crippen molar-refractivity contribution in [3.05, 3.63) is 5.92 Å². The summed E-state index contributed by atoms with van der Waals surface area (Å²) in [5.74, 6) is 1.34. The van der Waals surface area contributed by atoms with Crippen molar-refractivity contribution in [3.63, 3.8) is 0 Å². The van der Waals surface area contributed by atoms with Crippen LogP contribution in [-0.4, -0.2) is 13.2 Å². The number of ether oxygens (including phenoxy) is 1. The third-order valence-electron chi connectivity index (χ3n) is 0.595. The van der Waals surface area contributed by atoms with Gasteiger partial charge in [0.2, 0.25) is 0 Å². The number of hydrogen-bond donors (Lipinski definition) is 0. The third kappa shape index (κ3) is 10.1. The molecule has 0 aliphatic rings. The Kier molecular flexibility index (Phi) is 11.9. The first kappa shape index (κ1) is 11.8. The van der Waals surface area contributed by atoms with Crippen molar-refractivity contribution in [1.29, 1.82) is 0 Å². The zero-order chi connectivity index (χ0) is 5.70. The minimum atomic E-state index is 0. The Hall–Kier alpha value is 1.06. The summed E-state index contributed by atoms with van der Waals surface area (Å²) in [5.41, 5.74) is 0. The van der Waals surface area contributed by atoms with Gasteiger partial charge in [0.1, 0.15) is 0 Å². The van der Waals surface area contributed by atoms with E-state index in [1.165, 1.54) is 5.92 Å². The van der Waals surface area contributed by atoms with Crippen LogP contribution in [0.25, 0.3) is 0 Å². The van der Waals surface area contributed by atoms with Gasteiger partial charge in [-0.25, -0.2) is 0 Å². The molecule has 0 saturated carbocycles. The molecule has 1 nitrogen and oxygen atoms in total. The average molecular weight is 190 g/mol. The van der Waals surface area contributed by atoms with Gasteiger partial charge in [0.05, 0.1) is 0 Å². The molecule has 0 aromatic rings. The van der Waals surface area contributed by atoms with Crippen LogP contribution in [0.5, 0.6) is 0 Å². The second kappa shape index (κ2) is 8.06. The van der Waals surface area contributed by atoms with Crippen molar-refractivity contribution in [2.75, 3.05) is 13.2 Å². The van der Waals surface area contributed by atoms with E-state index in [9.17, 15) is 0 Å². The molecule has 2 heteroatoms. The first-order valence-corrected chi connectivity index (χ1v) is 2.64. The maximum Gasteiger partial charge on any atom is 3.00 e. The Morgan fingerprint density at radius 1 is 1.38 bits per heavy atom. The van der Waals surface area contributed by atoms with Gasteiger partial charge in [0.15, 0.2) is 0 Å². The third-order valence-corrected chi connectivity index (χ3v) is 0.595. The average Bonchev–Trinajstić information content (AvgIpc) is 1.61. The van der Waals surface area contributed by atoms with Crippen LogP contribution in [0.1, 0.15) is 20.8 Å². The molecule has 8 heavy (non-hydrogen) atoms. The van der Waals surface area contributed by atoms with Crippen molar-refractivity contribution in [2.45, 2.75) is 20.8 Å². The fourth-order valence-corrected chi connectivity index (χ4v) is 0.306. The van der Waals surface area contributed by atoms with E-state index >= 15 is 0 Å². The van der Waals surface area contributed by atoms with Gasteiger partial charge in [0, 0.05) is 6.61 Å². The molecule has 0 fully saturated rings. The monoisotopic (exact) mass is 190 g/mol. The summed E-state index contributed by atoms with van der Waals surface area (Å²) in [4.78, 5) is 0. The largest absolute Gasteiger partial charge is 3.00 e. The zero-order valence-corrected chi connectivity index (χ0v) is 8.74. The van der Waals surface area contributed by atoms with E-state index in [0.717, 1.165) is 13.2 Å². The number of rotatable bonds is 3. The molecule has 0 bridgehead atoms. The van der Waals surface area contributed by atoms with Crippen molar-refractivity contribution >= 4 is 0 Å². The summed E-state index contributed by atoms with van der Waals surface area (Å²) in [6.07, 6.45) is 0. The molecule has 0 unspecified atom stereocenters. The molecule has 0 rings (SSSR count). The van der Waals surface area contributed by atoms with Gasteiger partial charge in [0.25, 0.3) is 0 Å². The summed E-state index contributed by atoms with van der Waals surface area (Å²) in [7, 11) is 0. The summed E-state index contributed by atoms with van der Waals surface area (Å²) in [6, 6.07) is 0. The van der Waals surface area contributed by atoms with Gasteiger partial charge in [-0.15, -0.1) is 0 Å². The molecular formula is C6H13OY+2. The minimum Gasteiger partial charge on any atom is -0.413 e. The van der Waals surface area contributed by atoms with Gasteiger partial charge < -0.3 is 4.74 Å². The first-order chi connectivity index (χ1) is 3.27. The van der Waals surface area contributed by atoms with Crippen molar-refractivity contribution < 1.29 is 37.4 Å². The normalized spacial score (nSPS) is 9.00. The van der Waals surface area contributed by atoms with E-state index in [0.29, 0.717) is 0 Å². The van der Waals surface area contributed by atoms with Gasteiger partial charge in [-0.05, 0) is 6.92 Å². The Labute approximate surface area is 77.1 Å². The molecule has 0 amide bonds. The van der Waals surface area contributed by atoms with Gasteiger partial charge in [-0.1, -0.05) is 6.61 Å². The van der Waals surface area contributed by atoms with E-state index < -0.39 is 0 Å². The van der Waals surface area contributed by atoms with Crippen LogP contribution < -0.4 is 0 Å². The van der Waals surface area contributed by atoms with Crippen LogP contribution in [0.15, 0.2) is 0 Å². The van der Waals surface area contributed by atoms with Crippen LogP contribution in [0.2, 0.25) is 0 Å². The van der Waals surface area contributed by atoms with Crippen LogP contribution >= 0.6 is 0 Å². The molecule has 0 aromatic carbocycles. The van der Waals surface area contributed by atoms with Crippen molar-refractivity contribution in [2.24, 2.45) is 0 Å². The molecule has 0 radical (unpaired) electrons. The molecule has 0 heterocycles. The van der Waals surface area contributed by atoms with E-state index in [2.05, 4.69) is 13.8 Å². The van der Waals surface area contributed by atoms with Crippen molar-refractivity contribution in [1.82, 2.24) is 0 Å². The van der Waals surface area contributed by atoms with E-state index in [-0.39, 0.29) is 32.7 Å². The fraction of sp³-hybridized carbons (Fsp3) is 0.833. The van der Waals surface area contributed by atoms with Gasteiger partial charge >= 0.3 is 32.7 Å². The fourth-order valence-electron chi connectivity index (χ4n) is 0.306. The van der Waals surface area contributed by atoms with E-state index in [4.69, 9.17) is 4.74 Å².